The van der Waals surface area contributed by atoms with E-state index in [1.807, 2.05) is 0 Å². The van der Waals surface area contributed by atoms with Crippen LogP contribution in [0, 0.1) is 0 Å². The normalized spacial score (nSPS) is 18.4. The van der Waals surface area contributed by atoms with Crippen molar-refractivity contribution in [2.45, 2.75) is 42.5 Å². The van der Waals surface area contributed by atoms with Gasteiger partial charge in [-0.25, -0.2) is 13.1 Å². The third-order valence-electron chi connectivity index (χ3n) is 4.36. The van der Waals surface area contributed by atoms with Crippen LogP contribution >= 0.6 is 0 Å². The molecular weight excluding hydrogens is 298 g/mol. The first-order chi connectivity index (χ1) is 10.5. The molecule has 0 amide bonds. The molecule has 1 aliphatic carbocycles. The summed E-state index contributed by atoms with van der Waals surface area (Å²) in [6.45, 7) is 0.284. The summed E-state index contributed by atoms with van der Waals surface area (Å²) in [5.41, 5.74) is 6.57. The maximum absolute atomic E-state index is 12.6. The second kappa shape index (κ2) is 5.95. The molecule has 1 aromatic heterocycles. The van der Waals surface area contributed by atoms with Gasteiger partial charge in [0.15, 0.2) is 0 Å². The molecule has 1 fully saturated rings. The summed E-state index contributed by atoms with van der Waals surface area (Å²) in [7, 11) is -3.59. The molecule has 22 heavy (non-hydrogen) atoms. The van der Waals surface area contributed by atoms with E-state index in [4.69, 9.17) is 5.73 Å². The number of benzene rings is 1. The van der Waals surface area contributed by atoms with Crippen molar-refractivity contribution >= 4 is 20.9 Å². The monoisotopic (exact) mass is 319 g/mol. The lowest BCUT2D eigenvalue weighted by molar-refractivity contribution is 0.296. The molecule has 0 spiro atoms. The van der Waals surface area contributed by atoms with E-state index in [-0.39, 0.29) is 11.4 Å². The van der Waals surface area contributed by atoms with E-state index in [1.54, 1.807) is 36.5 Å². The van der Waals surface area contributed by atoms with Crippen molar-refractivity contribution in [3.05, 3.63) is 36.5 Å². The Morgan fingerprint density at radius 1 is 1.14 bits per heavy atom. The van der Waals surface area contributed by atoms with Crippen molar-refractivity contribution in [1.82, 2.24) is 9.71 Å². The van der Waals surface area contributed by atoms with Crippen molar-refractivity contribution in [2.75, 3.05) is 6.54 Å². The van der Waals surface area contributed by atoms with Crippen molar-refractivity contribution in [2.24, 2.45) is 5.73 Å². The highest BCUT2D eigenvalue weighted by atomic mass is 32.2. The molecule has 0 bridgehead atoms. The molecule has 3 N–H and O–H groups in total. The van der Waals surface area contributed by atoms with Crippen LogP contribution in [-0.2, 0) is 10.0 Å². The van der Waals surface area contributed by atoms with Gasteiger partial charge in [0.2, 0.25) is 10.0 Å². The maximum Gasteiger partial charge on any atom is 0.241 e. The van der Waals surface area contributed by atoms with Gasteiger partial charge >= 0.3 is 0 Å². The highest BCUT2D eigenvalue weighted by Crippen LogP contribution is 2.26. The Bertz CT molecular complexity index is 763. The van der Waals surface area contributed by atoms with Gasteiger partial charge in [-0.1, -0.05) is 25.3 Å². The van der Waals surface area contributed by atoms with E-state index in [1.165, 1.54) is 6.42 Å². The van der Waals surface area contributed by atoms with E-state index >= 15 is 0 Å². The maximum atomic E-state index is 12.6. The lowest BCUT2D eigenvalue weighted by Crippen LogP contribution is -2.51. The van der Waals surface area contributed by atoms with E-state index in [9.17, 15) is 8.42 Å². The SMILES string of the molecule is NC1(CNS(=O)(=O)c2cccc3ncccc23)CCCCC1. The molecule has 2 aromatic rings. The molecule has 1 aromatic carbocycles. The van der Waals surface area contributed by atoms with Crippen LogP contribution < -0.4 is 10.5 Å². The minimum Gasteiger partial charge on any atom is -0.324 e. The zero-order valence-electron chi connectivity index (χ0n) is 12.5. The predicted octanol–water partition coefficient (Wildman–Crippen LogP) is 2.17. The molecule has 0 unspecified atom stereocenters. The summed E-state index contributed by atoms with van der Waals surface area (Å²) in [4.78, 5) is 4.46. The summed E-state index contributed by atoms with van der Waals surface area (Å²) < 4.78 is 28.0. The summed E-state index contributed by atoms with van der Waals surface area (Å²) in [5, 5.41) is 0.632. The Morgan fingerprint density at radius 2 is 1.91 bits per heavy atom. The molecule has 5 nitrogen and oxygen atoms in total. The highest BCUT2D eigenvalue weighted by molar-refractivity contribution is 7.89. The van der Waals surface area contributed by atoms with E-state index in [2.05, 4.69) is 9.71 Å². The number of aromatic nitrogens is 1. The zero-order chi connectivity index (χ0) is 15.6. The van der Waals surface area contributed by atoms with Crippen molar-refractivity contribution in [3.8, 4) is 0 Å². The van der Waals surface area contributed by atoms with Crippen LogP contribution in [0.5, 0.6) is 0 Å². The van der Waals surface area contributed by atoms with Gasteiger partial charge in [-0.3, -0.25) is 4.98 Å². The third kappa shape index (κ3) is 3.14. The molecule has 1 aliphatic rings. The van der Waals surface area contributed by atoms with E-state index in [0.29, 0.717) is 10.9 Å². The average Bonchev–Trinajstić information content (AvgIpc) is 2.53. The number of hydrogen-bond donors (Lipinski definition) is 2. The van der Waals surface area contributed by atoms with Crippen molar-refractivity contribution in [1.29, 1.82) is 0 Å². The summed E-state index contributed by atoms with van der Waals surface area (Å²) >= 11 is 0. The van der Waals surface area contributed by atoms with Gasteiger partial charge < -0.3 is 5.73 Å². The van der Waals surface area contributed by atoms with Gasteiger partial charge in [-0.2, -0.15) is 0 Å². The van der Waals surface area contributed by atoms with Gasteiger partial charge in [-0.15, -0.1) is 0 Å². The van der Waals surface area contributed by atoms with Crippen molar-refractivity contribution < 1.29 is 8.42 Å². The Morgan fingerprint density at radius 3 is 2.68 bits per heavy atom. The number of rotatable bonds is 4. The average molecular weight is 319 g/mol. The number of sulfonamides is 1. The first-order valence-electron chi connectivity index (χ1n) is 7.63. The second-order valence-corrected chi connectivity index (χ2v) is 7.81. The third-order valence-corrected chi connectivity index (χ3v) is 5.82. The largest absolute Gasteiger partial charge is 0.324 e. The van der Waals surface area contributed by atoms with Crippen LogP contribution in [-0.4, -0.2) is 25.5 Å². The molecule has 0 aliphatic heterocycles. The van der Waals surface area contributed by atoms with Gasteiger partial charge in [0.25, 0.3) is 0 Å². The lowest BCUT2D eigenvalue weighted by Gasteiger charge is -2.33. The van der Waals surface area contributed by atoms with Crippen LogP contribution in [0.15, 0.2) is 41.4 Å². The second-order valence-electron chi connectivity index (χ2n) is 6.07. The number of nitrogens with two attached hydrogens (primary N) is 1. The first kappa shape index (κ1) is 15.4. The highest BCUT2D eigenvalue weighted by Gasteiger charge is 2.29. The Hall–Kier alpha value is -1.50. The fraction of sp³-hybridized carbons (Fsp3) is 0.438. The Balaban J connectivity index is 1.86. The van der Waals surface area contributed by atoms with Crippen LogP contribution in [0.2, 0.25) is 0 Å². The molecular formula is C16H21N3O2S. The summed E-state index contributed by atoms with van der Waals surface area (Å²) in [6, 6.07) is 8.64. The molecule has 0 radical (unpaired) electrons. The fourth-order valence-electron chi connectivity index (χ4n) is 3.06. The number of pyridine rings is 1. The van der Waals surface area contributed by atoms with Crippen LogP contribution in [0.25, 0.3) is 10.9 Å². The molecule has 0 atom stereocenters. The van der Waals surface area contributed by atoms with Gasteiger partial charge in [0, 0.05) is 23.7 Å². The minimum atomic E-state index is -3.59. The quantitative estimate of drug-likeness (QED) is 0.904. The van der Waals surface area contributed by atoms with Crippen LogP contribution in [0.3, 0.4) is 0 Å². The van der Waals surface area contributed by atoms with Crippen molar-refractivity contribution in [3.63, 3.8) is 0 Å². The van der Waals surface area contributed by atoms with Gasteiger partial charge in [0.05, 0.1) is 10.4 Å². The standard InChI is InChI=1S/C16H21N3O2S/c17-16(9-2-1-3-10-16)12-19-22(20,21)15-8-4-7-14-13(15)6-5-11-18-14/h4-8,11,19H,1-3,9-10,12,17H2. The molecule has 1 heterocycles. The molecule has 1 saturated carbocycles. The summed E-state index contributed by atoms with van der Waals surface area (Å²) in [5.74, 6) is 0. The fourth-order valence-corrected chi connectivity index (χ4v) is 4.41. The molecule has 6 heteroatoms. The molecule has 3 rings (SSSR count). The van der Waals surface area contributed by atoms with Crippen LogP contribution in [0.1, 0.15) is 32.1 Å². The molecule has 0 saturated heterocycles. The first-order valence-corrected chi connectivity index (χ1v) is 9.11. The number of nitrogens with zero attached hydrogens (tertiary/aromatic N) is 1. The zero-order valence-corrected chi connectivity index (χ0v) is 13.3. The van der Waals surface area contributed by atoms with Gasteiger partial charge in [-0.05, 0) is 37.1 Å². The summed E-state index contributed by atoms with van der Waals surface area (Å²) in [6.07, 6.45) is 6.70. The number of fused-ring (bicyclic) bond motifs is 1. The Labute approximate surface area is 131 Å². The molecule has 118 valence electrons. The minimum absolute atomic E-state index is 0.262. The lowest BCUT2D eigenvalue weighted by atomic mass is 9.83. The smallest absolute Gasteiger partial charge is 0.241 e. The van der Waals surface area contributed by atoms with Crippen LogP contribution in [0.4, 0.5) is 0 Å². The topological polar surface area (TPSA) is 85.1 Å². The van der Waals surface area contributed by atoms with E-state index < -0.39 is 15.6 Å². The number of nitrogens with one attached hydrogen (secondary N) is 1. The predicted molar refractivity (Wildman–Crippen MR) is 86.9 cm³/mol. The Kier molecular flexibility index (Phi) is 4.16. The number of hydrogen-bond acceptors (Lipinski definition) is 4. The van der Waals surface area contributed by atoms with E-state index in [0.717, 1.165) is 25.7 Å². The van der Waals surface area contributed by atoms with Gasteiger partial charge in [0.1, 0.15) is 0 Å².